The van der Waals surface area contributed by atoms with Crippen molar-refractivity contribution in [1.82, 2.24) is 9.13 Å². The van der Waals surface area contributed by atoms with Gasteiger partial charge in [-0.15, -0.1) is 0 Å². The van der Waals surface area contributed by atoms with Crippen LogP contribution < -0.4 is 10.6 Å². The number of aromatic nitrogens is 2. The molecule has 0 fully saturated rings. The second-order valence-electron chi connectivity index (χ2n) is 6.43. The van der Waals surface area contributed by atoms with Gasteiger partial charge in [-0.1, -0.05) is 37.3 Å². The first-order valence-corrected chi connectivity index (χ1v) is 9.12. The van der Waals surface area contributed by atoms with Crippen LogP contribution >= 0.6 is 0 Å². The normalized spacial score (nSPS) is 11.0. The summed E-state index contributed by atoms with van der Waals surface area (Å²) in [6, 6.07) is 15.5. The Morgan fingerprint density at radius 1 is 0.962 bits per heavy atom. The van der Waals surface area contributed by atoms with Crippen LogP contribution in [-0.4, -0.2) is 21.6 Å². The number of likely N-dealkylation sites (N-methyl/N-ethyl adjacent to an activating group) is 1. The minimum atomic E-state index is -0.123. The van der Waals surface area contributed by atoms with Crippen LogP contribution in [0, 0.1) is 6.92 Å². The van der Waals surface area contributed by atoms with Gasteiger partial charge in [0, 0.05) is 18.8 Å². The molecular formula is C21H25N3O2. The van der Waals surface area contributed by atoms with E-state index >= 15 is 0 Å². The average Bonchev–Trinajstić information content (AvgIpc) is 2.90. The SMILES string of the molecule is CCCn1c(=O)n(CC(=O)N(CC)c2ccccc2C)c2ccccc21. The van der Waals surface area contributed by atoms with E-state index in [0.717, 1.165) is 28.7 Å². The van der Waals surface area contributed by atoms with Gasteiger partial charge in [-0.25, -0.2) is 4.79 Å². The monoisotopic (exact) mass is 351 g/mol. The largest absolute Gasteiger partial charge is 0.329 e. The fourth-order valence-electron chi connectivity index (χ4n) is 3.43. The zero-order valence-corrected chi connectivity index (χ0v) is 15.6. The van der Waals surface area contributed by atoms with Crippen molar-refractivity contribution >= 4 is 22.6 Å². The van der Waals surface area contributed by atoms with E-state index in [0.29, 0.717) is 13.1 Å². The summed E-state index contributed by atoms with van der Waals surface area (Å²) in [5.74, 6) is -0.0803. The molecule has 136 valence electrons. The van der Waals surface area contributed by atoms with Crippen molar-refractivity contribution in [2.24, 2.45) is 0 Å². The maximum atomic E-state index is 13.0. The van der Waals surface area contributed by atoms with Crippen LogP contribution in [0.5, 0.6) is 0 Å². The maximum Gasteiger partial charge on any atom is 0.329 e. The summed E-state index contributed by atoms with van der Waals surface area (Å²) in [5, 5.41) is 0. The predicted octanol–water partition coefficient (Wildman–Crippen LogP) is 3.57. The fourth-order valence-corrected chi connectivity index (χ4v) is 3.43. The number of amides is 1. The summed E-state index contributed by atoms with van der Waals surface area (Å²) in [4.78, 5) is 27.6. The number of imidazole rings is 1. The molecule has 0 unspecified atom stereocenters. The Hall–Kier alpha value is -2.82. The lowest BCUT2D eigenvalue weighted by Crippen LogP contribution is -2.37. The highest BCUT2D eigenvalue weighted by Crippen LogP contribution is 2.20. The maximum absolute atomic E-state index is 13.0. The first-order valence-electron chi connectivity index (χ1n) is 9.12. The van der Waals surface area contributed by atoms with Gasteiger partial charge in [-0.2, -0.15) is 0 Å². The highest BCUT2D eigenvalue weighted by Gasteiger charge is 2.20. The molecule has 1 amide bonds. The quantitative estimate of drug-likeness (QED) is 0.681. The Kier molecular flexibility index (Phi) is 5.26. The van der Waals surface area contributed by atoms with E-state index in [1.807, 2.05) is 69.3 Å². The molecule has 5 heteroatoms. The van der Waals surface area contributed by atoms with Crippen molar-refractivity contribution in [2.45, 2.75) is 40.3 Å². The minimum Gasteiger partial charge on any atom is -0.311 e. The zero-order chi connectivity index (χ0) is 18.7. The highest BCUT2D eigenvalue weighted by atomic mass is 16.2. The average molecular weight is 351 g/mol. The summed E-state index contributed by atoms with van der Waals surface area (Å²) in [6.45, 7) is 7.23. The number of benzene rings is 2. The van der Waals surface area contributed by atoms with E-state index in [2.05, 4.69) is 0 Å². The Bertz CT molecular complexity index is 984. The number of hydrogen-bond acceptors (Lipinski definition) is 2. The molecule has 0 aliphatic heterocycles. The second-order valence-corrected chi connectivity index (χ2v) is 6.43. The Balaban J connectivity index is 2.00. The lowest BCUT2D eigenvalue weighted by Gasteiger charge is -2.23. The minimum absolute atomic E-state index is 0.0399. The molecule has 0 radical (unpaired) electrons. The Morgan fingerprint density at radius 2 is 1.58 bits per heavy atom. The van der Waals surface area contributed by atoms with Crippen LogP contribution in [0.15, 0.2) is 53.3 Å². The van der Waals surface area contributed by atoms with Gasteiger partial charge >= 0.3 is 5.69 Å². The lowest BCUT2D eigenvalue weighted by molar-refractivity contribution is -0.119. The summed E-state index contributed by atoms with van der Waals surface area (Å²) in [5.41, 5.74) is 3.50. The predicted molar refractivity (Wildman–Crippen MR) is 106 cm³/mol. The molecule has 5 nitrogen and oxygen atoms in total. The summed E-state index contributed by atoms with van der Waals surface area (Å²) >= 11 is 0. The van der Waals surface area contributed by atoms with Crippen molar-refractivity contribution in [3.8, 4) is 0 Å². The molecule has 0 bridgehead atoms. The van der Waals surface area contributed by atoms with Crippen molar-refractivity contribution in [2.75, 3.05) is 11.4 Å². The van der Waals surface area contributed by atoms with Crippen LogP contribution in [0.2, 0.25) is 0 Å². The van der Waals surface area contributed by atoms with Crippen LogP contribution in [0.3, 0.4) is 0 Å². The van der Waals surface area contributed by atoms with Gasteiger partial charge in [0.2, 0.25) is 5.91 Å². The molecule has 3 rings (SSSR count). The van der Waals surface area contributed by atoms with Gasteiger partial charge < -0.3 is 4.90 Å². The van der Waals surface area contributed by atoms with Crippen molar-refractivity contribution in [3.63, 3.8) is 0 Å². The molecular weight excluding hydrogens is 326 g/mol. The van der Waals surface area contributed by atoms with Gasteiger partial charge in [0.25, 0.3) is 0 Å². The molecule has 0 N–H and O–H groups in total. The molecule has 0 aliphatic carbocycles. The molecule has 0 saturated heterocycles. The molecule has 26 heavy (non-hydrogen) atoms. The number of nitrogens with zero attached hydrogens (tertiary/aromatic N) is 3. The molecule has 1 heterocycles. The number of hydrogen-bond donors (Lipinski definition) is 0. The first-order chi connectivity index (χ1) is 12.6. The zero-order valence-electron chi connectivity index (χ0n) is 15.6. The standard InChI is InChI=1S/C21H25N3O2/c1-4-14-23-18-12-8-9-13-19(18)24(21(23)26)15-20(25)22(5-2)17-11-7-6-10-16(17)3/h6-13H,4-5,14-15H2,1-3H3. The number of rotatable bonds is 6. The van der Waals surface area contributed by atoms with Crippen LogP contribution in [0.4, 0.5) is 5.69 Å². The van der Waals surface area contributed by atoms with Crippen molar-refractivity contribution in [1.29, 1.82) is 0 Å². The van der Waals surface area contributed by atoms with E-state index in [1.54, 1.807) is 14.0 Å². The summed E-state index contributed by atoms with van der Waals surface area (Å²) in [7, 11) is 0. The molecule has 3 aromatic rings. The molecule has 0 spiro atoms. The summed E-state index contributed by atoms with van der Waals surface area (Å²) < 4.78 is 3.35. The molecule has 0 atom stereocenters. The molecule has 0 saturated carbocycles. The third-order valence-corrected chi connectivity index (χ3v) is 4.69. The molecule has 2 aromatic carbocycles. The topological polar surface area (TPSA) is 47.2 Å². The highest BCUT2D eigenvalue weighted by molar-refractivity contribution is 5.94. The van der Waals surface area contributed by atoms with Crippen LogP contribution in [0.25, 0.3) is 11.0 Å². The van der Waals surface area contributed by atoms with Crippen LogP contribution in [-0.2, 0) is 17.9 Å². The first kappa shape index (κ1) is 18.0. The van der Waals surface area contributed by atoms with Gasteiger partial charge in [-0.3, -0.25) is 13.9 Å². The number of carbonyl (C=O) groups is 1. The third-order valence-electron chi connectivity index (χ3n) is 4.69. The smallest absolute Gasteiger partial charge is 0.311 e. The van der Waals surface area contributed by atoms with Gasteiger partial charge in [0.1, 0.15) is 6.54 Å². The van der Waals surface area contributed by atoms with Gasteiger partial charge in [0.15, 0.2) is 0 Å². The fraction of sp³-hybridized carbons (Fsp3) is 0.333. The van der Waals surface area contributed by atoms with E-state index < -0.39 is 0 Å². The van der Waals surface area contributed by atoms with Crippen molar-refractivity contribution < 1.29 is 4.79 Å². The van der Waals surface area contributed by atoms with E-state index in [9.17, 15) is 9.59 Å². The lowest BCUT2D eigenvalue weighted by atomic mass is 10.2. The number of fused-ring (bicyclic) bond motifs is 1. The van der Waals surface area contributed by atoms with Gasteiger partial charge in [-0.05, 0) is 44.0 Å². The Morgan fingerprint density at radius 3 is 2.19 bits per heavy atom. The number of aryl methyl sites for hydroxylation is 2. The third kappa shape index (κ3) is 3.17. The number of para-hydroxylation sites is 3. The second kappa shape index (κ2) is 7.60. The van der Waals surface area contributed by atoms with E-state index in [1.165, 1.54) is 0 Å². The van der Waals surface area contributed by atoms with Crippen molar-refractivity contribution in [3.05, 3.63) is 64.6 Å². The van der Waals surface area contributed by atoms with E-state index in [4.69, 9.17) is 0 Å². The summed E-state index contributed by atoms with van der Waals surface area (Å²) in [6.07, 6.45) is 0.867. The van der Waals surface area contributed by atoms with Gasteiger partial charge in [0.05, 0.1) is 11.0 Å². The molecule has 1 aromatic heterocycles. The number of carbonyl (C=O) groups excluding carboxylic acids is 1. The number of anilines is 1. The molecule has 0 aliphatic rings. The Labute approximate surface area is 153 Å². The van der Waals surface area contributed by atoms with E-state index in [-0.39, 0.29) is 18.1 Å². The van der Waals surface area contributed by atoms with Crippen LogP contribution in [0.1, 0.15) is 25.8 Å².